The van der Waals surface area contributed by atoms with Gasteiger partial charge in [0.25, 0.3) is 0 Å². The van der Waals surface area contributed by atoms with E-state index in [9.17, 15) is 5.11 Å². The van der Waals surface area contributed by atoms with Gasteiger partial charge in [0, 0.05) is 20.6 Å². The lowest BCUT2D eigenvalue weighted by molar-refractivity contribution is 0.0378. The second-order valence-corrected chi connectivity index (χ2v) is 6.61. The molecule has 0 aliphatic carbocycles. The Bertz CT molecular complexity index is 743. The van der Waals surface area contributed by atoms with Crippen LogP contribution in [0.4, 0.5) is 5.82 Å². The van der Waals surface area contributed by atoms with E-state index in [0.29, 0.717) is 18.3 Å². The molecule has 0 saturated heterocycles. The van der Waals surface area contributed by atoms with E-state index in [-0.39, 0.29) is 30.5 Å². The summed E-state index contributed by atoms with van der Waals surface area (Å²) in [4.78, 5) is 11.1. The van der Waals surface area contributed by atoms with Gasteiger partial charge in [-0.2, -0.15) is 0 Å². The van der Waals surface area contributed by atoms with Crippen LogP contribution < -0.4 is 15.5 Å². The molecule has 0 aliphatic heterocycles. The van der Waals surface area contributed by atoms with E-state index >= 15 is 0 Å². The van der Waals surface area contributed by atoms with E-state index in [4.69, 9.17) is 4.42 Å². The highest BCUT2D eigenvalue weighted by Crippen LogP contribution is 2.21. The summed E-state index contributed by atoms with van der Waals surface area (Å²) in [6.45, 7) is 7.00. The number of pyridine rings is 1. The quantitative estimate of drug-likeness (QED) is 0.317. The van der Waals surface area contributed by atoms with E-state index < -0.39 is 5.60 Å². The van der Waals surface area contributed by atoms with Crippen molar-refractivity contribution in [3.05, 3.63) is 47.5 Å². The molecule has 0 aliphatic rings. The molecule has 27 heavy (non-hydrogen) atoms. The molecule has 1 atom stereocenters. The van der Waals surface area contributed by atoms with Crippen molar-refractivity contribution in [2.45, 2.75) is 32.9 Å². The molecule has 7 nitrogen and oxygen atoms in total. The highest BCUT2D eigenvalue weighted by molar-refractivity contribution is 14.0. The molecular formula is C19H30IN5O2. The molecule has 3 N–H and O–H groups in total. The van der Waals surface area contributed by atoms with Gasteiger partial charge in [0.05, 0.1) is 18.8 Å². The van der Waals surface area contributed by atoms with Crippen LogP contribution in [0.2, 0.25) is 0 Å². The average molecular weight is 487 g/mol. The summed E-state index contributed by atoms with van der Waals surface area (Å²) in [5.74, 6) is 2.81. The standard InChI is InChI=1S/C19H29N5O2.HI/c1-6-20-18(21-12-15-8-7-9-17(23-15)24(4)5)22-13-19(3,25)16-11-10-14(2)26-16;/h7-11,25H,6,12-13H2,1-5H3,(H2,20,21,22);1H. The molecule has 0 bridgehead atoms. The van der Waals surface area contributed by atoms with Gasteiger partial charge < -0.3 is 25.1 Å². The zero-order valence-corrected chi connectivity index (χ0v) is 18.9. The number of aryl methyl sites for hydroxylation is 1. The Morgan fingerprint density at radius 2 is 2.00 bits per heavy atom. The average Bonchev–Trinajstić information content (AvgIpc) is 3.05. The summed E-state index contributed by atoms with van der Waals surface area (Å²) < 4.78 is 5.54. The van der Waals surface area contributed by atoms with Crippen LogP contribution in [0, 0.1) is 6.92 Å². The number of anilines is 1. The highest BCUT2D eigenvalue weighted by atomic mass is 127. The van der Waals surface area contributed by atoms with Crippen molar-refractivity contribution >= 4 is 35.8 Å². The van der Waals surface area contributed by atoms with Crippen LogP contribution in [0.15, 0.2) is 39.7 Å². The number of nitrogens with one attached hydrogen (secondary N) is 2. The van der Waals surface area contributed by atoms with Crippen molar-refractivity contribution in [2.24, 2.45) is 4.99 Å². The molecule has 2 heterocycles. The Kier molecular flexibility index (Phi) is 9.04. The lowest BCUT2D eigenvalue weighted by Crippen LogP contribution is -2.44. The van der Waals surface area contributed by atoms with Crippen LogP contribution in [0.25, 0.3) is 0 Å². The van der Waals surface area contributed by atoms with Gasteiger partial charge in [0.15, 0.2) is 5.96 Å². The lowest BCUT2D eigenvalue weighted by atomic mass is 10.0. The Morgan fingerprint density at radius 3 is 2.59 bits per heavy atom. The first-order valence-electron chi connectivity index (χ1n) is 8.76. The summed E-state index contributed by atoms with van der Waals surface area (Å²) >= 11 is 0. The molecule has 0 saturated carbocycles. The largest absolute Gasteiger partial charge is 0.463 e. The van der Waals surface area contributed by atoms with Gasteiger partial charge in [0.2, 0.25) is 0 Å². The van der Waals surface area contributed by atoms with Crippen molar-refractivity contribution in [3.63, 3.8) is 0 Å². The molecule has 2 aromatic rings. The van der Waals surface area contributed by atoms with Crippen LogP contribution in [0.1, 0.15) is 31.1 Å². The molecule has 1 unspecified atom stereocenters. The number of rotatable bonds is 7. The van der Waals surface area contributed by atoms with Crippen molar-refractivity contribution in [2.75, 3.05) is 32.1 Å². The van der Waals surface area contributed by atoms with E-state index in [1.807, 2.05) is 57.1 Å². The van der Waals surface area contributed by atoms with Crippen LogP contribution in [0.5, 0.6) is 0 Å². The zero-order chi connectivity index (χ0) is 19.2. The predicted octanol–water partition coefficient (Wildman–Crippen LogP) is 2.63. The first kappa shape index (κ1) is 23.2. The van der Waals surface area contributed by atoms with E-state index in [2.05, 4.69) is 20.6 Å². The molecule has 0 fully saturated rings. The highest BCUT2D eigenvalue weighted by Gasteiger charge is 2.27. The second kappa shape index (κ2) is 10.5. The smallest absolute Gasteiger partial charge is 0.191 e. The second-order valence-electron chi connectivity index (χ2n) is 6.61. The number of hydrogen-bond acceptors (Lipinski definition) is 5. The molecule has 0 radical (unpaired) electrons. The SMILES string of the molecule is CCNC(=NCc1cccc(N(C)C)n1)NCC(C)(O)c1ccc(C)o1.I. The van der Waals surface area contributed by atoms with Gasteiger partial charge in [-0.25, -0.2) is 9.98 Å². The van der Waals surface area contributed by atoms with Gasteiger partial charge in [-0.1, -0.05) is 6.07 Å². The monoisotopic (exact) mass is 487 g/mol. The Morgan fingerprint density at radius 1 is 1.26 bits per heavy atom. The number of halogens is 1. The fraction of sp³-hybridized carbons (Fsp3) is 0.474. The molecular weight excluding hydrogens is 457 g/mol. The topological polar surface area (TPSA) is 85.9 Å². The van der Waals surface area contributed by atoms with Crippen LogP contribution >= 0.6 is 24.0 Å². The molecule has 2 rings (SSSR count). The first-order chi connectivity index (χ1) is 12.3. The van der Waals surface area contributed by atoms with Crippen LogP contribution in [-0.2, 0) is 12.1 Å². The lowest BCUT2D eigenvalue weighted by Gasteiger charge is -2.22. The van der Waals surface area contributed by atoms with Gasteiger partial charge in [-0.3, -0.25) is 0 Å². The maximum absolute atomic E-state index is 10.6. The van der Waals surface area contributed by atoms with Gasteiger partial charge in [-0.15, -0.1) is 24.0 Å². The zero-order valence-electron chi connectivity index (χ0n) is 16.6. The van der Waals surface area contributed by atoms with E-state index in [1.165, 1.54) is 0 Å². The summed E-state index contributed by atoms with van der Waals surface area (Å²) in [7, 11) is 3.92. The Hall–Kier alpha value is -1.81. The van der Waals surface area contributed by atoms with Crippen molar-refractivity contribution in [3.8, 4) is 0 Å². The minimum absolute atomic E-state index is 0. The Balaban J connectivity index is 0.00000364. The van der Waals surface area contributed by atoms with E-state index in [1.54, 1.807) is 13.0 Å². The van der Waals surface area contributed by atoms with E-state index in [0.717, 1.165) is 23.8 Å². The van der Waals surface area contributed by atoms with Crippen molar-refractivity contribution < 1.29 is 9.52 Å². The molecule has 150 valence electrons. The summed E-state index contributed by atoms with van der Waals surface area (Å²) in [5.41, 5.74) is -0.255. The summed E-state index contributed by atoms with van der Waals surface area (Å²) in [5, 5.41) is 17.0. The van der Waals surface area contributed by atoms with Crippen molar-refractivity contribution in [1.29, 1.82) is 0 Å². The summed E-state index contributed by atoms with van der Waals surface area (Å²) in [6.07, 6.45) is 0. The molecule has 8 heteroatoms. The fourth-order valence-corrected chi connectivity index (χ4v) is 2.37. The van der Waals surface area contributed by atoms with Crippen LogP contribution in [0.3, 0.4) is 0 Å². The predicted molar refractivity (Wildman–Crippen MR) is 120 cm³/mol. The third kappa shape index (κ3) is 7.02. The number of furan rings is 1. The maximum atomic E-state index is 10.6. The number of aromatic nitrogens is 1. The minimum atomic E-state index is -1.13. The van der Waals surface area contributed by atoms with Gasteiger partial charge >= 0.3 is 0 Å². The number of guanidine groups is 1. The normalized spacial score (nSPS) is 13.5. The number of aliphatic imine (C=N–C) groups is 1. The third-order valence-corrected chi connectivity index (χ3v) is 3.86. The maximum Gasteiger partial charge on any atom is 0.191 e. The van der Waals surface area contributed by atoms with Crippen molar-refractivity contribution in [1.82, 2.24) is 15.6 Å². The minimum Gasteiger partial charge on any atom is -0.463 e. The fourth-order valence-electron chi connectivity index (χ4n) is 2.37. The number of hydrogen-bond donors (Lipinski definition) is 3. The Labute approximate surface area is 178 Å². The van der Waals surface area contributed by atoms with Gasteiger partial charge in [0.1, 0.15) is 22.9 Å². The van der Waals surface area contributed by atoms with Crippen LogP contribution in [-0.4, -0.2) is 43.2 Å². The first-order valence-corrected chi connectivity index (χ1v) is 8.76. The number of nitrogens with zero attached hydrogens (tertiary/aromatic N) is 3. The van der Waals surface area contributed by atoms with Gasteiger partial charge in [-0.05, 0) is 45.0 Å². The molecule has 0 aromatic carbocycles. The number of aliphatic hydroxyl groups is 1. The molecule has 0 amide bonds. The summed E-state index contributed by atoms with van der Waals surface area (Å²) in [6, 6.07) is 9.50. The molecule has 2 aromatic heterocycles. The third-order valence-electron chi connectivity index (χ3n) is 3.86. The molecule has 0 spiro atoms.